The maximum atomic E-state index is 13.7. The highest BCUT2D eigenvalue weighted by Gasteiger charge is 2.28. The Bertz CT molecular complexity index is 1370. The first-order chi connectivity index (χ1) is 16.7. The molecule has 1 aliphatic heterocycles. The number of fused-ring (bicyclic) bond motifs is 1. The highest BCUT2D eigenvalue weighted by molar-refractivity contribution is 5.91. The smallest absolute Gasteiger partial charge is 0.139 e. The van der Waals surface area contributed by atoms with E-state index in [4.69, 9.17) is 4.98 Å². The molecule has 6 heteroatoms. The van der Waals surface area contributed by atoms with Crippen LogP contribution in [0.1, 0.15) is 47.1 Å². The molecule has 5 nitrogen and oxygen atoms in total. The van der Waals surface area contributed by atoms with Crippen LogP contribution in [0, 0.1) is 12.7 Å². The summed E-state index contributed by atoms with van der Waals surface area (Å²) in [6.07, 6.45) is 6.53. The molecule has 0 atom stereocenters. The molecule has 2 aromatic carbocycles. The zero-order valence-electron chi connectivity index (χ0n) is 19.1. The van der Waals surface area contributed by atoms with Crippen molar-refractivity contribution < 1.29 is 4.39 Å². The molecule has 1 N–H and O–H groups in total. The quantitative estimate of drug-likeness (QED) is 0.426. The molecule has 0 spiro atoms. The summed E-state index contributed by atoms with van der Waals surface area (Å²) in [5, 5.41) is 0. The van der Waals surface area contributed by atoms with Gasteiger partial charge in [-0.2, -0.15) is 0 Å². The number of allylic oxidation sites excluding steroid dienone is 1. The minimum absolute atomic E-state index is 0.216. The molecule has 1 saturated heterocycles. The topological polar surface area (TPSA) is 57.7 Å². The molecule has 3 heterocycles. The summed E-state index contributed by atoms with van der Waals surface area (Å²) in [5.41, 5.74) is 7.39. The first-order valence-electron chi connectivity index (χ1n) is 11.8. The normalized spacial score (nSPS) is 15.9. The second kappa shape index (κ2) is 8.52. The predicted octanol–water partition coefficient (Wildman–Crippen LogP) is 5.79. The van der Waals surface area contributed by atoms with E-state index in [-0.39, 0.29) is 5.82 Å². The fourth-order valence-corrected chi connectivity index (χ4v) is 5.16. The molecular weight excluding hydrogens is 425 g/mol. The molecule has 0 amide bonds. The van der Waals surface area contributed by atoms with Crippen LogP contribution in [0.5, 0.6) is 0 Å². The second-order valence-electron chi connectivity index (χ2n) is 9.14. The van der Waals surface area contributed by atoms with Gasteiger partial charge in [0.2, 0.25) is 0 Å². The fraction of sp³-hybridized carbons (Fsp3) is 0.250. The van der Waals surface area contributed by atoms with Crippen molar-refractivity contribution in [3.8, 4) is 11.3 Å². The van der Waals surface area contributed by atoms with E-state index in [0.29, 0.717) is 12.3 Å². The van der Waals surface area contributed by atoms with Crippen molar-refractivity contribution in [1.29, 1.82) is 0 Å². The highest BCUT2D eigenvalue weighted by atomic mass is 19.1. The summed E-state index contributed by atoms with van der Waals surface area (Å²) >= 11 is 0. The Kier molecular flexibility index (Phi) is 5.21. The standard InChI is InChI=1S/C28H26FN5/c1-18-26(19-6-3-2-4-7-19)33-27(32-18)20-10-12-34(13-11-20)28-24-15-22(16-25(24)30-17-31-28)21-8-5-9-23(29)14-21/h2-9,14-15,17,20H,10-13,16H2,1H3,(H,32,33). The van der Waals surface area contributed by atoms with Crippen LogP contribution in [-0.2, 0) is 6.42 Å². The number of aryl methyl sites for hydroxylation is 1. The molecule has 2 aliphatic rings. The third-order valence-electron chi connectivity index (χ3n) is 6.95. The molecule has 4 aromatic rings. The Labute approximate surface area is 198 Å². The number of imidazole rings is 1. The lowest BCUT2D eigenvalue weighted by Crippen LogP contribution is -2.34. The van der Waals surface area contributed by atoms with E-state index in [1.807, 2.05) is 12.1 Å². The summed E-state index contributed by atoms with van der Waals surface area (Å²) in [6.45, 7) is 3.93. The fourth-order valence-electron chi connectivity index (χ4n) is 5.16. The Hall–Kier alpha value is -3.80. The molecule has 0 unspecified atom stereocenters. The van der Waals surface area contributed by atoms with Crippen LogP contribution < -0.4 is 4.90 Å². The van der Waals surface area contributed by atoms with Crippen LogP contribution in [0.25, 0.3) is 22.9 Å². The van der Waals surface area contributed by atoms with Gasteiger partial charge >= 0.3 is 0 Å². The second-order valence-corrected chi connectivity index (χ2v) is 9.14. The molecule has 6 rings (SSSR count). The van der Waals surface area contributed by atoms with Crippen molar-refractivity contribution in [2.75, 3.05) is 18.0 Å². The number of aromatic nitrogens is 4. The molecule has 34 heavy (non-hydrogen) atoms. The molecule has 0 radical (unpaired) electrons. The van der Waals surface area contributed by atoms with Gasteiger partial charge in [-0.15, -0.1) is 0 Å². The van der Waals surface area contributed by atoms with E-state index in [2.05, 4.69) is 57.1 Å². The van der Waals surface area contributed by atoms with Crippen LogP contribution in [0.15, 0.2) is 60.9 Å². The van der Waals surface area contributed by atoms with Gasteiger partial charge in [-0.05, 0) is 49.1 Å². The number of piperidine rings is 1. The van der Waals surface area contributed by atoms with E-state index in [0.717, 1.165) is 76.9 Å². The van der Waals surface area contributed by atoms with E-state index in [9.17, 15) is 4.39 Å². The van der Waals surface area contributed by atoms with Crippen molar-refractivity contribution in [2.24, 2.45) is 0 Å². The largest absolute Gasteiger partial charge is 0.356 e. The maximum absolute atomic E-state index is 13.7. The van der Waals surface area contributed by atoms with Crippen molar-refractivity contribution >= 4 is 17.5 Å². The lowest BCUT2D eigenvalue weighted by Gasteiger charge is -2.32. The van der Waals surface area contributed by atoms with Gasteiger partial charge in [-0.3, -0.25) is 0 Å². The molecule has 0 saturated carbocycles. The van der Waals surface area contributed by atoms with Crippen LogP contribution in [-0.4, -0.2) is 33.0 Å². The molecule has 0 bridgehead atoms. The first-order valence-corrected chi connectivity index (χ1v) is 11.8. The van der Waals surface area contributed by atoms with E-state index >= 15 is 0 Å². The van der Waals surface area contributed by atoms with Gasteiger partial charge in [0.25, 0.3) is 0 Å². The molecule has 1 aliphatic carbocycles. The van der Waals surface area contributed by atoms with Gasteiger partial charge in [0, 0.05) is 42.2 Å². The third kappa shape index (κ3) is 3.79. The Balaban J connectivity index is 1.20. The van der Waals surface area contributed by atoms with Crippen LogP contribution in [0.3, 0.4) is 0 Å². The van der Waals surface area contributed by atoms with Crippen molar-refractivity contribution in [1.82, 2.24) is 19.9 Å². The predicted molar refractivity (Wildman–Crippen MR) is 133 cm³/mol. The minimum Gasteiger partial charge on any atom is -0.356 e. The van der Waals surface area contributed by atoms with Gasteiger partial charge in [0.15, 0.2) is 0 Å². The van der Waals surface area contributed by atoms with Gasteiger partial charge < -0.3 is 9.88 Å². The van der Waals surface area contributed by atoms with Crippen molar-refractivity contribution in [3.05, 3.63) is 95.1 Å². The summed E-state index contributed by atoms with van der Waals surface area (Å²) in [5.74, 6) is 2.25. The molecule has 2 aromatic heterocycles. The Morgan fingerprint density at radius 2 is 1.76 bits per heavy atom. The summed E-state index contributed by atoms with van der Waals surface area (Å²) in [6, 6.07) is 17.1. The average molecular weight is 452 g/mol. The lowest BCUT2D eigenvalue weighted by molar-refractivity contribution is 0.486. The number of hydrogen-bond donors (Lipinski definition) is 1. The number of hydrogen-bond acceptors (Lipinski definition) is 4. The summed E-state index contributed by atoms with van der Waals surface area (Å²) in [4.78, 5) is 20.0. The van der Waals surface area contributed by atoms with Crippen molar-refractivity contribution in [2.45, 2.75) is 32.1 Å². The molecule has 170 valence electrons. The number of nitrogens with one attached hydrogen (secondary N) is 1. The molecule has 1 fully saturated rings. The van der Waals surface area contributed by atoms with Crippen LogP contribution >= 0.6 is 0 Å². The lowest BCUT2D eigenvalue weighted by atomic mass is 9.96. The van der Waals surface area contributed by atoms with E-state index in [1.54, 1.807) is 18.5 Å². The minimum atomic E-state index is -0.216. The number of rotatable bonds is 4. The SMILES string of the molecule is Cc1[nH]c(C2CCN(c3ncnc4c3C=C(c3cccc(F)c3)C4)CC2)nc1-c1ccccc1. The molecular formula is C28H26FN5. The number of benzene rings is 2. The van der Waals surface area contributed by atoms with E-state index < -0.39 is 0 Å². The third-order valence-corrected chi connectivity index (χ3v) is 6.95. The first kappa shape index (κ1) is 20.8. The number of aromatic amines is 1. The number of nitrogens with zero attached hydrogens (tertiary/aromatic N) is 4. The zero-order chi connectivity index (χ0) is 23.1. The van der Waals surface area contributed by atoms with Crippen LogP contribution in [0.2, 0.25) is 0 Å². The summed E-state index contributed by atoms with van der Waals surface area (Å²) in [7, 11) is 0. The number of H-pyrrole nitrogens is 1. The maximum Gasteiger partial charge on any atom is 0.139 e. The summed E-state index contributed by atoms with van der Waals surface area (Å²) < 4.78 is 13.7. The number of halogens is 1. The van der Waals surface area contributed by atoms with Gasteiger partial charge in [0.1, 0.15) is 23.8 Å². The van der Waals surface area contributed by atoms with Crippen LogP contribution in [0.4, 0.5) is 10.2 Å². The van der Waals surface area contributed by atoms with Gasteiger partial charge in [-0.25, -0.2) is 19.3 Å². The monoisotopic (exact) mass is 451 g/mol. The van der Waals surface area contributed by atoms with Gasteiger partial charge in [0.05, 0.1) is 11.4 Å². The Morgan fingerprint density at radius 1 is 0.971 bits per heavy atom. The van der Waals surface area contributed by atoms with Gasteiger partial charge in [-0.1, -0.05) is 42.5 Å². The highest BCUT2D eigenvalue weighted by Crippen LogP contribution is 2.37. The van der Waals surface area contributed by atoms with E-state index in [1.165, 1.54) is 6.07 Å². The number of anilines is 1. The zero-order valence-corrected chi connectivity index (χ0v) is 19.1. The van der Waals surface area contributed by atoms with Crippen molar-refractivity contribution in [3.63, 3.8) is 0 Å². The average Bonchev–Trinajstić information content (AvgIpc) is 3.48. The Morgan fingerprint density at radius 3 is 2.56 bits per heavy atom.